The van der Waals surface area contributed by atoms with Crippen molar-refractivity contribution in [3.05, 3.63) is 29.8 Å². The molecule has 0 atom stereocenters. The summed E-state index contributed by atoms with van der Waals surface area (Å²) in [7, 11) is 3.53. The number of carbonyl (C=O) groups excluding carboxylic acids is 2. The molecule has 0 aromatic heterocycles. The molecule has 0 radical (unpaired) electrons. The van der Waals surface area contributed by atoms with Gasteiger partial charge in [-0.05, 0) is 37.0 Å². The van der Waals surface area contributed by atoms with Crippen LogP contribution in [0.15, 0.2) is 24.3 Å². The van der Waals surface area contributed by atoms with Gasteiger partial charge in [0.2, 0.25) is 11.8 Å². The van der Waals surface area contributed by atoms with E-state index in [1.165, 1.54) is 32.1 Å². The van der Waals surface area contributed by atoms with E-state index in [9.17, 15) is 9.59 Å². The third kappa shape index (κ3) is 6.32. The topological polar surface area (TPSA) is 61.4 Å². The minimum absolute atomic E-state index is 0.00360. The SMILES string of the molecule is CN(C)C(=O)CCc1ccc(NC(=O)CNC2CCCCC2)cc1. The fourth-order valence-corrected chi connectivity index (χ4v) is 2.98. The first-order chi connectivity index (χ1) is 11.5. The molecule has 0 saturated heterocycles. The predicted molar refractivity (Wildman–Crippen MR) is 97.0 cm³/mol. The fourth-order valence-electron chi connectivity index (χ4n) is 2.98. The Labute approximate surface area is 144 Å². The number of amides is 2. The van der Waals surface area contributed by atoms with Crippen molar-refractivity contribution in [1.82, 2.24) is 10.2 Å². The van der Waals surface area contributed by atoms with Crippen molar-refractivity contribution in [3.8, 4) is 0 Å². The number of rotatable bonds is 7. The quantitative estimate of drug-likeness (QED) is 0.807. The van der Waals surface area contributed by atoms with Crippen LogP contribution in [0.4, 0.5) is 5.69 Å². The first-order valence-corrected chi connectivity index (χ1v) is 8.87. The maximum absolute atomic E-state index is 12.0. The number of anilines is 1. The minimum Gasteiger partial charge on any atom is -0.349 e. The molecular formula is C19H29N3O2. The standard InChI is InChI=1S/C19H29N3O2/c1-22(2)19(24)13-10-15-8-11-17(12-9-15)21-18(23)14-20-16-6-4-3-5-7-16/h8-9,11-12,16,20H,3-7,10,13-14H2,1-2H3,(H,21,23). The van der Waals surface area contributed by atoms with Gasteiger partial charge >= 0.3 is 0 Å². The van der Waals surface area contributed by atoms with Gasteiger partial charge in [0.15, 0.2) is 0 Å². The molecule has 0 bridgehead atoms. The molecule has 1 aliphatic carbocycles. The summed E-state index contributed by atoms with van der Waals surface area (Å²) in [6.45, 7) is 0.365. The van der Waals surface area contributed by atoms with Crippen LogP contribution in [0, 0.1) is 0 Å². The number of hydrogen-bond donors (Lipinski definition) is 2. The van der Waals surface area contributed by atoms with E-state index >= 15 is 0 Å². The molecule has 2 N–H and O–H groups in total. The van der Waals surface area contributed by atoms with Gasteiger partial charge < -0.3 is 15.5 Å². The maximum atomic E-state index is 12.0. The zero-order valence-electron chi connectivity index (χ0n) is 14.8. The highest BCUT2D eigenvalue weighted by Crippen LogP contribution is 2.17. The lowest BCUT2D eigenvalue weighted by atomic mass is 9.95. The molecule has 0 unspecified atom stereocenters. The smallest absolute Gasteiger partial charge is 0.238 e. The first-order valence-electron chi connectivity index (χ1n) is 8.87. The van der Waals surface area contributed by atoms with Crippen LogP contribution in [0.3, 0.4) is 0 Å². The lowest BCUT2D eigenvalue weighted by Crippen LogP contribution is -2.37. The molecule has 132 valence electrons. The summed E-state index contributed by atoms with van der Waals surface area (Å²) in [5.74, 6) is 0.122. The Morgan fingerprint density at radius 1 is 1.08 bits per heavy atom. The summed E-state index contributed by atoms with van der Waals surface area (Å²) in [5, 5.41) is 6.26. The Morgan fingerprint density at radius 3 is 2.38 bits per heavy atom. The van der Waals surface area contributed by atoms with Crippen molar-refractivity contribution < 1.29 is 9.59 Å². The maximum Gasteiger partial charge on any atom is 0.238 e. The Balaban J connectivity index is 1.72. The van der Waals surface area contributed by atoms with Crippen LogP contribution in [0.1, 0.15) is 44.1 Å². The second-order valence-electron chi connectivity index (χ2n) is 6.75. The minimum atomic E-state index is -0.00360. The molecule has 1 fully saturated rings. The van der Waals surface area contributed by atoms with Crippen molar-refractivity contribution in [3.63, 3.8) is 0 Å². The van der Waals surface area contributed by atoms with Crippen LogP contribution in [-0.4, -0.2) is 43.4 Å². The average Bonchev–Trinajstić information content (AvgIpc) is 2.60. The van der Waals surface area contributed by atoms with Crippen LogP contribution in [0.25, 0.3) is 0 Å². The van der Waals surface area contributed by atoms with E-state index in [1.807, 2.05) is 24.3 Å². The van der Waals surface area contributed by atoms with E-state index in [-0.39, 0.29) is 11.8 Å². The van der Waals surface area contributed by atoms with E-state index in [0.29, 0.717) is 25.4 Å². The molecule has 1 saturated carbocycles. The zero-order valence-corrected chi connectivity index (χ0v) is 14.8. The van der Waals surface area contributed by atoms with Gasteiger partial charge in [-0.2, -0.15) is 0 Å². The van der Waals surface area contributed by atoms with Crippen LogP contribution >= 0.6 is 0 Å². The molecule has 2 amide bonds. The molecule has 1 aromatic rings. The molecule has 5 heteroatoms. The molecule has 5 nitrogen and oxygen atoms in total. The number of nitrogens with one attached hydrogen (secondary N) is 2. The Hall–Kier alpha value is -1.88. The van der Waals surface area contributed by atoms with Crippen molar-refractivity contribution in [2.45, 2.75) is 51.0 Å². The summed E-state index contributed by atoms with van der Waals surface area (Å²) in [6.07, 6.45) is 7.41. The second-order valence-corrected chi connectivity index (χ2v) is 6.75. The van der Waals surface area contributed by atoms with Crippen LogP contribution in [0.5, 0.6) is 0 Å². The molecular weight excluding hydrogens is 302 g/mol. The van der Waals surface area contributed by atoms with E-state index in [0.717, 1.165) is 11.3 Å². The zero-order chi connectivity index (χ0) is 17.4. The van der Waals surface area contributed by atoms with E-state index < -0.39 is 0 Å². The van der Waals surface area contributed by atoms with Crippen molar-refractivity contribution >= 4 is 17.5 Å². The van der Waals surface area contributed by atoms with Gasteiger partial charge in [-0.25, -0.2) is 0 Å². The Morgan fingerprint density at radius 2 is 1.75 bits per heavy atom. The van der Waals surface area contributed by atoms with Gasteiger partial charge in [0.1, 0.15) is 0 Å². The van der Waals surface area contributed by atoms with Crippen LogP contribution in [0.2, 0.25) is 0 Å². The Kier molecular flexibility index (Phi) is 7.25. The summed E-state index contributed by atoms with van der Waals surface area (Å²) in [6, 6.07) is 8.21. The summed E-state index contributed by atoms with van der Waals surface area (Å²) in [5.41, 5.74) is 1.90. The number of hydrogen-bond acceptors (Lipinski definition) is 3. The average molecular weight is 331 g/mol. The lowest BCUT2D eigenvalue weighted by Gasteiger charge is -2.22. The van der Waals surface area contributed by atoms with Crippen LogP contribution < -0.4 is 10.6 Å². The van der Waals surface area contributed by atoms with Crippen molar-refractivity contribution in [2.24, 2.45) is 0 Å². The highest BCUT2D eigenvalue weighted by molar-refractivity contribution is 5.92. The highest BCUT2D eigenvalue weighted by atomic mass is 16.2. The van der Waals surface area contributed by atoms with E-state index in [4.69, 9.17) is 0 Å². The van der Waals surface area contributed by atoms with Crippen molar-refractivity contribution in [2.75, 3.05) is 26.0 Å². The summed E-state index contributed by atoms with van der Waals surface area (Å²) >= 11 is 0. The van der Waals surface area contributed by atoms with E-state index in [2.05, 4.69) is 10.6 Å². The second kappa shape index (κ2) is 9.42. The van der Waals surface area contributed by atoms with Gasteiger partial charge in [-0.3, -0.25) is 9.59 Å². The third-order valence-corrected chi connectivity index (χ3v) is 4.52. The molecule has 1 aromatic carbocycles. The van der Waals surface area contributed by atoms with Gasteiger partial charge in [-0.1, -0.05) is 31.4 Å². The molecule has 0 spiro atoms. The highest BCUT2D eigenvalue weighted by Gasteiger charge is 2.13. The van der Waals surface area contributed by atoms with Gasteiger partial charge in [-0.15, -0.1) is 0 Å². The number of nitrogens with zero attached hydrogens (tertiary/aromatic N) is 1. The molecule has 0 heterocycles. The van der Waals surface area contributed by atoms with Gasteiger partial charge in [0, 0.05) is 32.2 Å². The first kappa shape index (κ1) is 18.5. The fraction of sp³-hybridized carbons (Fsp3) is 0.579. The number of carbonyl (C=O) groups is 2. The van der Waals surface area contributed by atoms with Crippen LogP contribution in [-0.2, 0) is 16.0 Å². The monoisotopic (exact) mass is 331 g/mol. The molecule has 24 heavy (non-hydrogen) atoms. The van der Waals surface area contributed by atoms with E-state index in [1.54, 1.807) is 19.0 Å². The predicted octanol–water partition coefficient (Wildman–Crippen LogP) is 2.57. The number of benzene rings is 1. The largest absolute Gasteiger partial charge is 0.349 e. The summed E-state index contributed by atoms with van der Waals surface area (Å²) in [4.78, 5) is 25.2. The normalized spacial score (nSPS) is 15.1. The Bertz CT molecular complexity index is 534. The third-order valence-electron chi connectivity index (χ3n) is 4.52. The lowest BCUT2D eigenvalue weighted by molar-refractivity contribution is -0.128. The van der Waals surface area contributed by atoms with Gasteiger partial charge in [0.25, 0.3) is 0 Å². The number of aryl methyl sites for hydroxylation is 1. The molecule has 2 rings (SSSR count). The molecule has 0 aliphatic heterocycles. The molecule has 1 aliphatic rings. The summed E-state index contributed by atoms with van der Waals surface area (Å²) < 4.78 is 0. The van der Waals surface area contributed by atoms with Gasteiger partial charge in [0.05, 0.1) is 6.54 Å². The van der Waals surface area contributed by atoms with Crippen molar-refractivity contribution in [1.29, 1.82) is 0 Å².